The van der Waals surface area contributed by atoms with Crippen molar-refractivity contribution in [2.45, 2.75) is 19.4 Å². The third kappa shape index (κ3) is 1.72. The molecular weight excluding hydrogens is 202 g/mol. The molecular formula is C9H14ClN3O. The fourth-order valence-corrected chi connectivity index (χ4v) is 2.06. The summed E-state index contributed by atoms with van der Waals surface area (Å²) in [5, 5.41) is 9.44. The van der Waals surface area contributed by atoms with E-state index < -0.39 is 0 Å². The lowest BCUT2D eigenvalue weighted by Gasteiger charge is -2.14. The van der Waals surface area contributed by atoms with Crippen LogP contribution in [0.2, 0.25) is 5.15 Å². The second kappa shape index (κ2) is 4.19. The van der Waals surface area contributed by atoms with Crippen LogP contribution >= 0.6 is 11.6 Å². The van der Waals surface area contributed by atoms with Crippen LogP contribution in [-0.4, -0.2) is 34.4 Å². The zero-order valence-electron chi connectivity index (χ0n) is 7.99. The molecule has 0 spiro atoms. The van der Waals surface area contributed by atoms with Crippen molar-refractivity contribution in [2.24, 2.45) is 0 Å². The highest BCUT2D eigenvalue weighted by Crippen LogP contribution is 2.26. The number of aliphatic hydroxyl groups excluding tert-OH is 1. The van der Waals surface area contributed by atoms with E-state index in [1.165, 1.54) is 12.8 Å². The number of hydrogen-bond donors (Lipinski definition) is 1. The van der Waals surface area contributed by atoms with Crippen molar-refractivity contribution in [3.05, 3.63) is 11.5 Å². The Morgan fingerprint density at radius 1 is 1.43 bits per heavy atom. The Kier molecular flexibility index (Phi) is 2.93. The first kappa shape index (κ1) is 9.80. The Hall–Kier alpha value is -0.740. The summed E-state index contributed by atoms with van der Waals surface area (Å²) < 4.78 is 1.77. The summed E-state index contributed by atoms with van der Waals surface area (Å²) in [5.74, 6) is 0.859. The van der Waals surface area contributed by atoms with E-state index in [2.05, 4.69) is 9.88 Å². The van der Waals surface area contributed by atoms with Gasteiger partial charge in [-0.3, -0.25) is 0 Å². The van der Waals surface area contributed by atoms with Gasteiger partial charge in [-0.25, -0.2) is 4.98 Å². The highest BCUT2D eigenvalue weighted by Gasteiger charge is 2.18. The lowest BCUT2D eigenvalue weighted by molar-refractivity contribution is 0.276. The second-order valence-corrected chi connectivity index (χ2v) is 3.83. The maximum absolute atomic E-state index is 8.80. The van der Waals surface area contributed by atoms with Gasteiger partial charge in [0.1, 0.15) is 0 Å². The molecule has 0 unspecified atom stereocenters. The topological polar surface area (TPSA) is 41.3 Å². The molecule has 0 saturated carbocycles. The average Bonchev–Trinajstić information content (AvgIpc) is 2.77. The lowest BCUT2D eigenvalue weighted by atomic mass is 10.4. The van der Waals surface area contributed by atoms with Crippen molar-refractivity contribution >= 4 is 17.4 Å². The number of anilines is 1. The fraction of sp³-hybridized carbons (Fsp3) is 0.667. The van der Waals surface area contributed by atoms with Crippen LogP contribution in [0.25, 0.3) is 0 Å². The normalized spacial score (nSPS) is 16.6. The van der Waals surface area contributed by atoms with Crippen molar-refractivity contribution in [1.29, 1.82) is 0 Å². The van der Waals surface area contributed by atoms with Gasteiger partial charge in [-0.1, -0.05) is 11.6 Å². The maximum Gasteiger partial charge on any atom is 0.166 e. The molecule has 1 aromatic rings. The number of imidazole rings is 1. The maximum atomic E-state index is 8.80. The van der Waals surface area contributed by atoms with Gasteiger partial charge < -0.3 is 14.6 Å². The number of halogens is 1. The Balaban J connectivity index is 2.17. The Morgan fingerprint density at radius 3 is 2.79 bits per heavy atom. The van der Waals surface area contributed by atoms with Crippen LogP contribution in [0.5, 0.6) is 0 Å². The van der Waals surface area contributed by atoms with E-state index in [0.29, 0.717) is 11.7 Å². The van der Waals surface area contributed by atoms with Crippen molar-refractivity contribution in [3.8, 4) is 0 Å². The van der Waals surface area contributed by atoms with Gasteiger partial charge in [-0.05, 0) is 12.8 Å². The standard InChI is InChI=1S/C9H14ClN3O/c10-8-9(12-3-1-2-4-12)11-7-13(8)5-6-14/h7,14H,1-6H2. The molecule has 1 aliphatic heterocycles. The van der Waals surface area contributed by atoms with Crippen LogP contribution in [0.3, 0.4) is 0 Å². The van der Waals surface area contributed by atoms with Gasteiger partial charge in [0.15, 0.2) is 11.0 Å². The predicted molar refractivity (Wildman–Crippen MR) is 55.8 cm³/mol. The van der Waals surface area contributed by atoms with Gasteiger partial charge in [-0.2, -0.15) is 0 Å². The van der Waals surface area contributed by atoms with Crippen molar-refractivity contribution in [3.63, 3.8) is 0 Å². The highest BCUT2D eigenvalue weighted by molar-refractivity contribution is 6.32. The first-order valence-electron chi connectivity index (χ1n) is 4.89. The van der Waals surface area contributed by atoms with Crippen LogP contribution in [0, 0.1) is 0 Å². The van der Waals surface area contributed by atoms with Gasteiger partial charge in [-0.15, -0.1) is 0 Å². The molecule has 0 radical (unpaired) electrons. The molecule has 2 rings (SSSR count). The van der Waals surface area contributed by atoms with E-state index >= 15 is 0 Å². The second-order valence-electron chi connectivity index (χ2n) is 3.47. The van der Waals surface area contributed by atoms with Gasteiger partial charge >= 0.3 is 0 Å². The lowest BCUT2D eigenvalue weighted by Crippen LogP contribution is -2.18. The first-order chi connectivity index (χ1) is 6.83. The molecule has 1 fully saturated rings. The minimum Gasteiger partial charge on any atom is -0.395 e. The molecule has 78 valence electrons. The number of aromatic nitrogens is 2. The molecule has 4 nitrogen and oxygen atoms in total. The van der Waals surface area contributed by atoms with Gasteiger partial charge in [0.25, 0.3) is 0 Å². The van der Waals surface area contributed by atoms with Crippen molar-refractivity contribution in [1.82, 2.24) is 9.55 Å². The van der Waals surface area contributed by atoms with Gasteiger partial charge in [0.05, 0.1) is 12.9 Å². The smallest absolute Gasteiger partial charge is 0.166 e. The summed E-state index contributed by atoms with van der Waals surface area (Å²) in [7, 11) is 0. The van der Waals surface area contributed by atoms with Gasteiger partial charge in [0.2, 0.25) is 0 Å². The Morgan fingerprint density at radius 2 is 2.14 bits per heavy atom. The molecule has 1 aliphatic rings. The van der Waals surface area contributed by atoms with Gasteiger partial charge in [0, 0.05) is 19.6 Å². The summed E-state index contributed by atoms with van der Waals surface area (Å²) >= 11 is 6.13. The van der Waals surface area contributed by atoms with Crippen LogP contribution in [0.1, 0.15) is 12.8 Å². The number of rotatable bonds is 3. The third-order valence-electron chi connectivity index (χ3n) is 2.50. The molecule has 1 saturated heterocycles. The average molecular weight is 216 g/mol. The summed E-state index contributed by atoms with van der Waals surface area (Å²) in [6.45, 7) is 2.68. The first-order valence-corrected chi connectivity index (χ1v) is 5.27. The van der Waals surface area contributed by atoms with Crippen molar-refractivity contribution in [2.75, 3.05) is 24.6 Å². The molecule has 0 aromatic carbocycles. The summed E-state index contributed by atoms with van der Waals surface area (Å²) in [6.07, 6.45) is 4.11. The molecule has 5 heteroatoms. The zero-order valence-corrected chi connectivity index (χ0v) is 8.74. The van der Waals surface area contributed by atoms with Crippen LogP contribution in [0.4, 0.5) is 5.82 Å². The monoisotopic (exact) mass is 215 g/mol. The molecule has 0 amide bonds. The minimum atomic E-state index is 0.0928. The van der Waals surface area contributed by atoms with E-state index in [0.717, 1.165) is 18.9 Å². The number of aliphatic hydroxyl groups is 1. The molecule has 0 bridgehead atoms. The van der Waals surface area contributed by atoms with E-state index in [4.69, 9.17) is 16.7 Å². The zero-order chi connectivity index (χ0) is 9.97. The molecule has 0 atom stereocenters. The molecule has 0 aliphatic carbocycles. The molecule has 1 N–H and O–H groups in total. The predicted octanol–water partition coefficient (Wildman–Crippen LogP) is 1.13. The highest BCUT2D eigenvalue weighted by atomic mass is 35.5. The van der Waals surface area contributed by atoms with Crippen LogP contribution in [-0.2, 0) is 6.54 Å². The van der Waals surface area contributed by atoms with Crippen LogP contribution in [0.15, 0.2) is 6.33 Å². The number of nitrogens with zero attached hydrogens (tertiary/aromatic N) is 3. The Labute approximate surface area is 88.1 Å². The SMILES string of the molecule is OCCn1cnc(N2CCCC2)c1Cl. The van der Waals surface area contributed by atoms with E-state index in [1.807, 2.05) is 0 Å². The Bertz CT molecular complexity index is 307. The summed E-state index contributed by atoms with van der Waals surface area (Å²) in [5.41, 5.74) is 0. The summed E-state index contributed by atoms with van der Waals surface area (Å²) in [6, 6.07) is 0. The van der Waals surface area contributed by atoms with Crippen LogP contribution < -0.4 is 4.90 Å². The van der Waals surface area contributed by atoms with Crippen molar-refractivity contribution < 1.29 is 5.11 Å². The third-order valence-corrected chi connectivity index (χ3v) is 2.89. The van der Waals surface area contributed by atoms with E-state index in [9.17, 15) is 0 Å². The van der Waals surface area contributed by atoms with E-state index in [1.54, 1.807) is 10.9 Å². The largest absolute Gasteiger partial charge is 0.395 e. The molecule has 2 heterocycles. The fourth-order valence-electron chi connectivity index (χ4n) is 1.76. The molecule has 14 heavy (non-hydrogen) atoms. The van der Waals surface area contributed by atoms with E-state index in [-0.39, 0.29) is 6.61 Å². The molecule has 1 aromatic heterocycles. The summed E-state index contributed by atoms with van der Waals surface area (Å²) in [4.78, 5) is 6.45. The number of hydrogen-bond acceptors (Lipinski definition) is 3. The minimum absolute atomic E-state index is 0.0928. The quantitative estimate of drug-likeness (QED) is 0.822.